The second-order valence-electron chi connectivity index (χ2n) is 4.98. The zero-order chi connectivity index (χ0) is 13.2. The van der Waals surface area contributed by atoms with Crippen molar-refractivity contribution in [1.29, 1.82) is 0 Å². The minimum atomic E-state index is 0.0716. The van der Waals surface area contributed by atoms with Gasteiger partial charge in [0.15, 0.2) is 0 Å². The van der Waals surface area contributed by atoms with Crippen LogP contribution in [0.3, 0.4) is 0 Å². The molecule has 1 aliphatic carbocycles. The number of terminal acetylenes is 1. The maximum absolute atomic E-state index is 12.6. The molecule has 3 heteroatoms. The molecule has 0 N–H and O–H groups in total. The van der Waals surface area contributed by atoms with Crippen molar-refractivity contribution in [3.63, 3.8) is 0 Å². The number of carbonyl (C=O) groups excluding carboxylic acids is 1. The molecule has 0 bridgehead atoms. The summed E-state index contributed by atoms with van der Waals surface area (Å²) in [7, 11) is 0. The summed E-state index contributed by atoms with van der Waals surface area (Å²) in [6, 6.07) is 8.02. The van der Waals surface area contributed by atoms with Crippen LogP contribution in [0.1, 0.15) is 23.2 Å². The molecule has 1 saturated carbocycles. The van der Waals surface area contributed by atoms with Crippen molar-refractivity contribution >= 4 is 27.3 Å². The van der Waals surface area contributed by atoms with Gasteiger partial charge in [0, 0.05) is 22.0 Å². The van der Waals surface area contributed by atoms with Gasteiger partial charge in [-0.25, -0.2) is 0 Å². The first-order chi connectivity index (χ1) is 9.29. The van der Waals surface area contributed by atoms with Crippen molar-refractivity contribution in [3.8, 4) is 12.3 Å². The van der Waals surface area contributed by atoms with Gasteiger partial charge in [-0.1, -0.05) is 24.1 Å². The van der Waals surface area contributed by atoms with Gasteiger partial charge in [0.05, 0.1) is 12.1 Å². The van der Waals surface area contributed by atoms with E-state index in [1.165, 1.54) is 12.8 Å². The summed E-state index contributed by atoms with van der Waals surface area (Å²) in [6.07, 6.45) is 7.83. The lowest BCUT2D eigenvalue weighted by atomic mass is 10.1. The smallest absolute Gasteiger partial charge is 0.256 e. The Morgan fingerprint density at radius 2 is 2.21 bits per heavy atom. The van der Waals surface area contributed by atoms with Gasteiger partial charge in [0.25, 0.3) is 5.91 Å². The first-order valence-corrected chi connectivity index (χ1v) is 7.36. The molecule has 1 aromatic carbocycles. The zero-order valence-corrected chi connectivity index (χ0v) is 11.5. The van der Waals surface area contributed by atoms with Crippen LogP contribution in [0, 0.1) is 18.3 Å². The van der Waals surface area contributed by atoms with Gasteiger partial charge < -0.3 is 4.90 Å². The Morgan fingerprint density at radius 3 is 2.95 bits per heavy atom. The summed E-state index contributed by atoms with van der Waals surface area (Å²) in [5.41, 5.74) is 0.788. The highest BCUT2D eigenvalue weighted by Crippen LogP contribution is 2.31. The molecule has 1 heterocycles. The number of fused-ring (bicyclic) bond motifs is 1. The number of amides is 1. The summed E-state index contributed by atoms with van der Waals surface area (Å²) >= 11 is 1.61. The number of rotatable bonds is 4. The molecular formula is C16H15NOS. The molecule has 1 aromatic heterocycles. The van der Waals surface area contributed by atoms with Crippen molar-refractivity contribution < 1.29 is 4.79 Å². The monoisotopic (exact) mass is 269 g/mol. The normalized spacial score (nSPS) is 14.3. The molecule has 0 atom stereocenters. The van der Waals surface area contributed by atoms with Crippen molar-refractivity contribution in [2.24, 2.45) is 5.92 Å². The van der Waals surface area contributed by atoms with E-state index >= 15 is 0 Å². The van der Waals surface area contributed by atoms with Crippen LogP contribution in [0.4, 0.5) is 0 Å². The molecule has 2 nitrogen and oxygen atoms in total. The highest BCUT2D eigenvalue weighted by molar-refractivity contribution is 7.17. The summed E-state index contributed by atoms with van der Waals surface area (Å²) in [5, 5.41) is 2.99. The van der Waals surface area contributed by atoms with Gasteiger partial charge in [-0.2, -0.15) is 0 Å². The highest BCUT2D eigenvalue weighted by Gasteiger charge is 2.27. The second-order valence-corrected chi connectivity index (χ2v) is 5.89. The van der Waals surface area contributed by atoms with Crippen molar-refractivity contribution in [2.75, 3.05) is 13.1 Å². The first-order valence-electron chi connectivity index (χ1n) is 6.48. The minimum Gasteiger partial charge on any atom is -0.327 e. The molecular weight excluding hydrogens is 254 g/mol. The number of thiophene rings is 1. The molecule has 0 saturated heterocycles. The maximum atomic E-state index is 12.6. The third-order valence-electron chi connectivity index (χ3n) is 3.46. The van der Waals surface area contributed by atoms with Crippen LogP contribution in [0.15, 0.2) is 29.6 Å². The molecule has 1 fully saturated rings. The Labute approximate surface area is 117 Å². The van der Waals surface area contributed by atoms with Gasteiger partial charge in [-0.15, -0.1) is 17.8 Å². The molecule has 0 spiro atoms. The first kappa shape index (κ1) is 12.3. The average Bonchev–Trinajstić information content (AvgIpc) is 3.14. The number of hydrogen-bond acceptors (Lipinski definition) is 2. The number of benzene rings is 1. The number of carbonyl (C=O) groups is 1. The van der Waals surface area contributed by atoms with Crippen LogP contribution in [0.25, 0.3) is 10.1 Å². The van der Waals surface area contributed by atoms with Crippen LogP contribution in [-0.4, -0.2) is 23.9 Å². The lowest BCUT2D eigenvalue weighted by Crippen LogP contribution is -2.33. The van der Waals surface area contributed by atoms with E-state index in [1.807, 2.05) is 34.5 Å². The van der Waals surface area contributed by atoms with E-state index in [1.54, 1.807) is 11.3 Å². The number of hydrogen-bond donors (Lipinski definition) is 0. The predicted octanol–water partition coefficient (Wildman–Crippen LogP) is 3.39. The van der Waals surface area contributed by atoms with Crippen LogP contribution in [0.5, 0.6) is 0 Å². The minimum absolute atomic E-state index is 0.0716. The fourth-order valence-corrected chi connectivity index (χ4v) is 3.19. The molecule has 0 aliphatic heterocycles. The fourth-order valence-electron chi connectivity index (χ4n) is 2.26. The Hall–Kier alpha value is -1.79. The van der Waals surface area contributed by atoms with Gasteiger partial charge in [0.1, 0.15) is 0 Å². The highest BCUT2D eigenvalue weighted by atomic mass is 32.1. The van der Waals surface area contributed by atoms with Crippen molar-refractivity contribution in [3.05, 3.63) is 35.2 Å². The second kappa shape index (κ2) is 5.07. The van der Waals surface area contributed by atoms with Gasteiger partial charge in [-0.05, 0) is 24.8 Å². The van der Waals surface area contributed by atoms with E-state index in [2.05, 4.69) is 5.92 Å². The van der Waals surface area contributed by atoms with Gasteiger partial charge in [-0.3, -0.25) is 4.79 Å². The van der Waals surface area contributed by atoms with Crippen LogP contribution >= 0.6 is 11.3 Å². The quantitative estimate of drug-likeness (QED) is 0.779. The van der Waals surface area contributed by atoms with Gasteiger partial charge >= 0.3 is 0 Å². The third kappa shape index (κ3) is 2.50. The molecule has 0 unspecified atom stereocenters. The summed E-state index contributed by atoms with van der Waals surface area (Å²) in [5.74, 6) is 3.33. The standard InChI is InChI=1S/C16H15NOS/c1-2-9-17(10-12-7-8-12)16(18)14-11-19-15-6-4-3-5-13(14)15/h1,3-6,11-12H,7-10H2. The van der Waals surface area contributed by atoms with Crippen LogP contribution < -0.4 is 0 Å². The topological polar surface area (TPSA) is 20.3 Å². The zero-order valence-electron chi connectivity index (χ0n) is 10.6. The van der Waals surface area contributed by atoms with E-state index < -0.39 is 0 Å². The number of nitrogens with zero attached hydrogens (tertiary/aromatic N) is 1. The Bertz CT molecular complexity index is 648. The molecule has 0 radical (unpaired) electrons. The lowest BCUT2D eigenvalue weighted by Gasteiger charge is -2.19. The molecule has 96 valence electrons. The van der Waals surface area contributed by atoms with E-state index in [9.17, 15) is 4.79 Å². The van der Waals surface area contributed by atoms with E-state index in [4.69, 9.17) is 6.42 Å². The molecule has 3 rings (SSSR count). The lowest BCUT2D eigenvalue weighted by molar-refractivity contribution is 0.0772. The van der Waals surface area contributed by atoms with Crippen molar-refractivity contribution in [2.45, 2.75) is 12.8 Å². The van der Waals surface area contributed by atoms with E-state index in [0.29, 0.717) is 12.5 Å². The largest absolute Gasteiger partial charge is 0.327 e. The Morgan fingerprint density at radius 1 is 1.42 bits per heavy atom. The molecule has 2 aromatic rings. The summed E-state index contributed by atoms with van der Waals surface area (Å²) in [4.78, 5) is 14.4. The van der Waals surface area contributed by atoms with E-state index in [0.717, 1.165) is 22.2 Å². The molecule has 1 aliphatic rings. The third-order valence-corrected chi connectivity index (χ3v) is 4.42. The van der Waals surface area contributed by atoms with Crippen LogP contribution in [0.2, 0.25) is 0 Å². The summed E-state index contributed by atoms with van der Waals surface area (Å²) < 4.78 is 1.15. The molecule has 19 heavy (non-hydrogen) atoms. The average molecular weight is 269 g/mol. The Balaban J connectivity index is 1.90. The van der Waals surface area contributed by atoms with Crippen molar-refractivity contribution in [1.82, 2.24) is 4.90 Å². The SMILES string of the molecule is C#CCN(CC1CC1)C(=O)c1csc2ccccc12. The predicted molar refractivity (Wildman–Crippen MR) is 79.3 cm³/mol. The Kier molecular flexibility index (Phi) is 3.27. The van der Waals surface area contributed by atoms with E-state index in [-0.39, 0.29) is 5.91 Å². The van der Waals surface area contributed by atoms with Crippen LogP contribution in [-0.2, 0) is 0 Å². The maximum Gasteiger partial charge on any atom is 0.256 e. The summed E-state index contributed by atoms with van der Waals surface area (Å²) in [6.45, 7) is 1.20. The molecule has 1 amide bonds. The fraction of sp³-hybridized carbons (Fsp3) is 0.312. The van der Waals surface area contributed by atoms with Gasteiger partial charge in [0.2, 0.25) is 0 Å².